The molecule has 1 amide bonds. The van der Waals surface area contributed by atoms with Crippen molar-refractivity contribution in [1.82, 2.24) is 5.32 Å². The number of carbonyl (C=O) groups excluding carboxylic acids is 1. The molecule has 0 aliphatic heterocycles. The summed E-state index contributed by atoms with van der Waals surface area (Å²) >= 11 is 1.73. The third-order valence-electron chi connectivity index (χ3n) is 3.72. The van der Waals surface area contributed by atoms with E-state index in [4.69, 9.17) is 5.26 Å². The van der Waals surface area contributed by atoms with Gasteiger partial charge in [-0.25, -0.2) is 0 Å². The minimum atomic E-state index is -0.144. The SMILES string of the molecule is C[C@H](Cc1csc2ccccc12)NC(=O)c1cccc(C#N)c1. The van der Waals surface area contributed by atoms with Gasteiger partial charge in [-0.05, 0) is 53.9 Å². The summed E-state index contributed by atoms with van der Waals surface area (Å²) in [4.78, 5) is 12.3. The van der Waals surface area contributed by atoms with E-state index in [2.05, 4.69) is 28.9 Å². The maximum atomic E-state index is 12.3. The highest BCUT2D eigenvalue weighted by molar-refractivity contribution is 7.17. The minimum absolute atomic E-state index is 0.0197. The van der Waals surface area contributed by atoms with Crippen molar-refractivity contribution in [2.45, 2.75) is 19.4 Å². The van der Waals surface area contributed by atoms with Gasteiger partial charge in [-0.2, -0.15) is 5.26 Å². The Morgan fingerprint density at radius 2 is 2.09 bits per heavy atom. The summed E-state index contributed by atoms with van der Waals surface area (Å²) in [6.07, 6.45) is 0.785. The fourth-order valence-electron chi connectivity index (χ4n) is 2.61. The summed E-state index contributed by atoms with van der Waals surface area (Å²) in [6.45, 7) is 2.00. The second-order valence-corrected chi connectivity index (χ2v) is 6.44. The monoisotopic (exact) mass is 320 g/mol. The lowest BCUT2D eigenvalue weighted by Crippen LogP contribution is -2.34. The van der Waals surface area contributed by atoms with E-state index in [0.717, 1.165) is 6.42 Å². The molecule has 3 rings (SSSR count). The normalized spacial score (nSPS) is 11.8. The van der Waals surface area contributed by atoms with Crippen LogP contribution >= 0.6 is 11.3 Å². The predicted molar refractivity (Wildman–Crippen MR) is 93.6 cm³/mol. The van der Waals surface area contributed by atoms with Gasteiger partial charge >= 0.3 is 0 Å². The molecule has 1 atom stereocenters. The van der Waals surface area contributed by atoms with E-state index >= 15 is 0 Å². The topological polar surface area (TPSA) is 52.9 Å². The first kappa shape index (κ1) is 15.3. The van der Waals surface area contributed by atoms with Crippen molar-refractivity contribution < 1.29 is 4.79 Å². The molecule has 0 bridgehead atoms. The molecule has 114 valence electrons. The fourth-order valence-corrected chi connectivity index (χ4v) is 3.58. The van der Waals surface area contributed by atoms with Gasteiger partial charge in [0.25, 0.3) is 5.91 Å². The number of nitrogens with one attached hydrogen (secondary N) is 1. The van der Waals surface area contributed by atoms with E-state index in [9.17, 15) is 4.79 Å². The zero-order chi connectivity index (χ0) is 16.2. The molecule has 0 saturated carbocycles. The molecular formula is C19H16N2OS. The molecule has 1 aromatic heterocycles. The highest BCUT2D eigenvalue weighted by Gasteiger charge is 2.13. The summed E-state index contributed by atoms with van der Waals surface area (Å²) in [5.74, 6) is -0.144. The number of thiophene rings is 1. The maximum absolute atomic E-state index is 12.3. The molecule has 0 aliphatic rings. The highest BCUT2D eigenvalue weighted by Crippen LogP contribution is 2.26. The largest absolute Gasteiger partial charge is 0.349 e. The first-order chi connectivity index (χ1) is 11.2. The summed E-state index contributed by atoms with van der Waals surface area (Å²) in [5.41, 5.74) is 2.27. The maximum Gasteiger partial charge on any atom is 0.251 e. The zero-order valence-corrected chi connectivity index (χ0v) is 13.6. The lowest BCUT2D eigenvalue weighted by Gasteiger charge is -2.13. The van der Waals surface area contributed by atoms with Gasteiger partial charge in [0.15, 0.2) is 0 Å². The number of fused-ring (bicyclic) bond motifs is 1. The van der Waals surface area contributed by atoms with E-state index in [-0.39, 0.29) is 11.9 Å². The molecule has 0 unspecified atom stereocenters. The first-order valence-corrected chi connectivity index (χ1v) is 8.31. The Bertz CT molecular complexity index is 892. The Labute approximate surface area is 139 Å². The average Bonchev–Trinajstić information content (AvgIpc) is 2.98. The van der Waals surface area contributed by atoms with Crippen molar-refractivity contribution in [2.24, 2.45) is 0 Å². The number of hydrogen-bond donors (Lipinski definition) is 1. The van der Waals surface area contributed by atoms with Crippen LogP contribution in [0.2, 0.25) is 0 Å². The number of rotatable bonds is 4. The number of benzene rings is 2. The van der Waals surface area contributed by atoms with Gasteiger partial charge in [0.1, 0.15) is 0 Å². The molecule has 1 N–H and O–H groups in total. The molecule has 0 aliphatic carbocycles. The van der Waals surface area contributed by atoms with Crippen LogP contribution in [0, 0.1) is 11.3 Å². The van der Waals surface area contributed by atoms with Gasteiger partial charge in [-0.3, -0.25) is 4.79 Å². The third kappa shape index (κ3) is 3.41. The molecule has 0 spiro atoms. The van der Waals surface area contributed by atoms with Crippen LogP contribution in [-0.2, 0) is 6.42 Å². The van der Waals surface area contributed by atoms with Crippen molar-refractivity contribution in [2.75, 3.05) is 0 Å². The number of nitrogens with zero attached hydrogens (tertiary/aromatic N) is 1. The van der Waals surface area contributed by atoms with Crippen LogP contribution in [-0.4, -0.2) is 11.9 Å². The van der Waals surface area contributed by atoms with Crippen molar-refractivity contribution in [3.63, 3.8) is 0 Å². The van der Waals surface area contributed by atoms with Crippen molar-refractivity contribution in [3.8, 4) is 6.07 Å². The number of carbonyl (C=O) groups is 1. The van der Waals surface area contributed by atoms with E-state index in [1.807, 2.05) is 19.1 Å². The second kappa shape index (κ2) is 6.64. The molecule has 23 heavy (non-hydrogen) atoms. The number of nitriles is 1. The smallest absolute Gasteiger partial charge is 0.251 e. The van der Waals surface area contributed by atoms with Gasteiger partial charge in [-0.15, -0.1) is 11.3 Å². The Kier molecular flexibility index (Phi) is 4.40. The van der Waals surface area contributed by atoms with Gasteiger partial charge in [0, 0.05) is 16.3 Å². The molecule has 0 saturated heterocycles. The molecule has 2 aromatic carbocycles. The average molecular weight is 320 g/mol. The standard InChI is InChI=1S/C19H16N2OS/c1-13(9-16-12-23-18-8-3-2-7-17(16)18)21-19(22)15-6-4-5-14(10-15)11-20/h2-8,10,12-13H,9H2,1H3,(H,21,22)/t13-/m1/s1. The molecule has 4 heteroatoms. The van der Waals surface area contributed by atoms with Gasteiger partial charge < -0.3 is 5.32 Å². The Hall–Kier alpha value is -2.64. The molecule has 3 aromatic rings. The predicted octanol–water partition coefficient (Wildman–Crippen LogP) is 4.13. The lowest BCUT2D eigenvalue weighted by molar-refractivity contribution is 0.0940. The first-order valence-electron chi connectivity index (χ1n) is 7.43. The summed E-state index contributed by atoms with van der Waals surface area (Å²) in [5, 5.41) is 15.3. The summed E-state index contributed by atoms with van der Waals surface area (Å²) in [6, 6.07) is 17.1. The van der Waals surface area contributed by atoms with Gasteiger partial charge in [0.05, 0.1) is 11.6 Å². The number of amides is 1. The van der Waals surface area contributed by atoms with Gasteiger partial charge in [-0.1, -0.05) is 24.3 Å². The molecule has 3 nitrogen and oxygen atoms in total. The van der Waals surface area contributed by atoms with E-state index in [1.54, 1.807) is 35.6 Å². The molecular weight excluding hydrogens is 304 g/mol. The van der Waals surface area contributed by atoms with E-state index in [0.29, 0.717) is 11.1 Å². The van der Waals surface area contributed by atoms with E-state index < -0.39 is 0 Å². The van der Waals surface area contributed by atoms with Crippen LogP contribution in [0.4, 0.5) is 0 Å². The minimum Gasteiger partial charge on any atom is -0.349 e. The quantitative estimate of drug-likeness (QED) is 0.785. The van der Waals surface area contributed by atoms with Crippen molar-refractivity contribution in [3.05, 3.63) is 70.6 Å². The Morgan fingerprint density at radius 1 is 1.26 bits per heavy atom. The van der Waals surface area contributed by atoms with E-state index in [1.165, 1.54) is 15.6 Å². The van der Waals surface area contributed by atoms with Crippen LogP contribution in [0.1, 0.15) is 28.4 Å². The second-order valence-electron chi connectivity index (χ2n) is 5.53. The fraction of sp³-hybridized carbons (Fsp3) is 0.158. The molecule has 0 radical (unpaired) electrons. The highest BCUT2D eigenvalue weighted by atomic mass is 32.1. The van der Waals surface area contributed by atoms with Crippen LogP contribution in [0.3, 0.4) is 0 Å². The Morgan fingerprint density at radius 3 is 2.91 bits per heavy atom. The van der Waals surface area contributed by atoms with Crippen LogP contribution in [0.25, 0.3) is 10.1 Å². The van der Waals surface area contributed by atoms with Crippen molar-refractivity contribution in [1.29, 1.82) is 5.26 Å². The van der Waals surface area contributed by atoms with Crippen LogP contribution in [0.15, 0.2) is 53.9 Å². The lowest BCUT2D eigenvalue weighted by atomic mass is 10.1. The van der Waals surface area contributed by atoms with Crippen molar-refractivity contribution >= 4 is 27.3 Å². The van der Waals surface area contributed by atoms with Gasteiger partial charge in [0.2, 0.25) is 0 Å². The number of hydrogen-bond acceptors (Lipinski definition) is 3. The van der Waals surface area contributed by atoms with Crippen LogP contribution in [0.5, 0.6) is 0 Å². The van der Waals surface area contributed by atoms with Crippen LogP contribution < -0.4 is 5.32 Å². The Balaban J connectivity index is 1.70. The molecule has 1 heterocycles. The molecule has 0 fully saturated rings. The third-order valence-corrected chi connectivity index (χ3v) is 4.73. The summed E-state index contributed by atoms with van der Waals surface area (Å²) in [7, 11) is 0. The summed E-state index contributed by atoms with van der Waals surface area (Å²) < 4.78 is 1.27. The zero-order valence-electron chi connectivity index (χ0n) is 12.7.